The van der Waals surface area contributed by atoms with Gasteiger partial charge in [0.05, 0.1) is 23.1 Å². The van der Waals surface area contributed by atoms with Gasteiger partial charge in [0.25, 0.3) is 0 Å². The van der Waals surface area contributed by atoms with Gasteiger partial charge in [-0.15, -0.1) is 11.3 Å². The number of benzene rings is 2. The van der Waals surface area contributed by atoms with Crippen molar-refractivity contribution in [1.29, 1.82) is 0 Å². The number of hydrogen-bond acceptors (Lipinski definition) is 6. The van der Waals surface area contributed by atoms with Gasteiger partial charge < -0.3 is 5.32 Å². The number of amides is 1. The van der Waals surface area contributed by atoms with E-state index >= 15 is 0 Å². The van der Waals surface area contributed by atoms with Gasteiger partial charge in [-0.1, -0.05) is 55.8 Å². The van der Waals surface area contributed by atoms with E-state index in [0.717, 1.165) is 24.3 Å². The summed E-state index contributed by atoms with van der Waals surface area (Å²) in [6, 6.07) is 15.3. The number of fused-ring (bicyclic) bond motifs is 1. The number of carbonyl (C=O) groups excluding carboxylic acids is 1. The summed E-state index contributed by atoms with van der Waals surface area (Å²) in [5.74, 6) is 0.239. The van der Waals surface area contributed by atoms with E-state index in [9.17, 15) is 13.2 Å². The van der Waals surface area contributed by atoms with Gasteiger partial charge >= 0.3 is 0 Å². The molecule has 0 saturated heterocycles. The van der Waals surface area contributed by atoms with Crippen molar-refractivity contribution in [2.45, 2.75) is 51.2 Å². The third-order valence-corrected chi connectivity index (χ3v) is 7.95. The summed E-state index contributed by atoms with van der Waals surface area (Å²) < 4.78 is 23.2. The van der Waals surface area contributed by atoms with E-state index in [1.54, 1.807) is 23.5 Å². The van der Waals surface area contributed by atoms with Gasteiger partial charge in [0.2, 0.25) is 5.91 Å². The van der Waals surface area contributed by atoms with E-state index in [1.165, 1.54) is 34.4 Å². The van der Waals surface area contributed by atoms with Crippen LogP contribution in [0.15, 0.2) is 53.4 Å². The molecule has 0 aliphatic carbocycles. The van der Waals surface area contributed by atoms with Crippen LogP contribution in [0.5, 0.6) is 0 Å². The van der Waals surface area contributed by atoms with Crippen LogP contribution in [0.4, 0.5) is 5.13 Å². The lowest BCUT2D eigenvalue weighted by atomic mass is 10.0. The maximum Gasteiger partial charge on any atom is 0.230 e. The number of thiazole rings is 1. The first-order valence-corrected chi connectivity index (χ1v) is 13.7. The molecular formula is C25H29N3O3S2. The number of carbonyl (C=O) groups is 1. The van der Waals surface area contributed by atoms with Crippen molar-refractivity contribution in [3.05, 3.63) is 75.8 Å². The van der Waals surface area contributed by atoms with Gasteiger partial charge in [-0.2, -0.15) is 0 Å². The molecule has 1 aliphatic rings. The Kier molecular flexibility index (Phi) is 6.70. The minimum absolute atomic E-state index is 0.160. The monoisotopic (exact) mass is 483 g/mol. The van der Waals surface area contributed by atoms with Gasteiger partial charge in [-0.25, -0.2) is 13.4 Å². The van der Waals surface area contributed by atoms with Crippen LogP contribution >= 0.6 is 11.3 Å². The highest BCUT2D eigenvalue weighted by Crippen LogP contribution is 2.43. The molecule has 4 rings (SSSR count). The molecule has 0 saturated carbocycles. The molecule has 1 N–H and O–H groups in total. The average Bonchev–Trinajstić information content (AvgIpc) is 3.25. The number of sulfone groups is 1. The van der Waals surface area contributed by atoms with Crippen LogP contribution in [0.1, 0.15) is 47.2 Å². The molecule has 3 aromatic rings. The van der Waals surface area contributed by atoms with Gasteiger partial charge in [0.1, 0.15) is 0 Å². The second-order valence-electron chi connectivity index (χ2n) is 9.05. The number of aromatic nitrogens is 1. The van der Waals surface area contributed by atoms with Gasteiger partial charge in [-0.3, -0.25) is 9.69 Å². The Labute approximate surface area is 199 Å². The summed E-state index contributed by atoms with van der Waals surface area (Å²) >= 11 is 1.54. The molecule has 0 spiro atoms. The van der Waals surface area contributed by atoms with Crippen molar-refractivity contribution < 1.29 is 13.2 Å². The van der Waals surface area contributed by atoms with Crippen molar-refractivity contribution in [1.82, 2.24) is 9.88 Å². The van der Waals surface area contributed by atoms with Crippen LogP contribution in [0.3, 0.4) is 0 Å². The molecule has 1 aromatic heterocycles. The molecular weight excluding hydrogens is 454 g/mol. The zero-order valence-electron chi connectivity index (χ0n) is 19.3. The van der Waals surface area contributed by atoms with E-state index in [-0.39, 0.29) is 23.3 Å². The third-order valence-electron chi connectivity index (χ3n) is 5.85. The Hall–Kier alpha value is -2.55. The maximum atomic E-state index is 12.6. The van der Waals surface area contributed by atoms with E-state index < -0.39 is 9.84 Å². The molecule has 1 atom stereocenters. The lowest BCUT2D eigenvalue weighted by Crippen LogP contribution is -2.26. The quantitative estimate of drug-likeness (QED) is 0.525. The maximum absolute atomic E-state index is 12.6. The summed E-state index contributed by atoms with van der Waals surface area (Å²) in [5.41, 5.74) is 4.37. The summed E-state index contributed by atoms with van der Waals surface area (Å²) in [7, 11) is -3.25. The van der Waals surface area contributed by atoms with Crippen LogP contribution in [0.25, 0.3) is 0 Å². The van der Waals surface area contributed by atoms with Crippen LogP contribution in [-0.4, -0.2) is 30.5 Å². The largest absolute Gasteiger partial charge is 0.302 e. The summed E-state index contributed by atoms with van der Waals surface area (Å²) in [5, 5.41) is 3.55. The van der Waals surface area contributed by atoms with Crippen LogP contribution in [0.2, 0.25) is 0 Å². The Balaban J connectivity index is 1.42. The minimum atomic E-state index is -3.25. The zero-order chi connectivity index (χ0) is 23.8. The highest BCUT2D eigenvalue weighted by atomic mass is 32.2. The second-order valence-corrected chi connectivity index (χ2v) is 12.1. The van der Waals surface area contributed by atoms with E-state index in [1.807, 2.05) is 0 Å². The zero-order valence-corrected chi connectivity index (χ0v) is 21.0. The first kappa shape index (κ1) is 23.6. The highest BCUT2D eigenvalue weighted by molar-refractivity contribution is 7.90. The molecule has 0 bridgehead atoms. The Morgan fingerprint density at radius 2 is 1.76 bits per heavy atom. The third kappa shape index (κ3) is 5.51. The molecule has 6 nitrogen and oxygen atoms in total. The number of anilines is 1. The number of aryl methyl sites for hydroxylation is 1. The SMILES string of the molecule is Cc1ccc(CN2Cc3sc(NC(=O)Cc4ccc(S(C)(=O)=O)cc4)nc3[C@H]2C(C)C)cc1. The molecule has 8 heteroatoms. The summed E-state index contributed by atoms with van der Waals surface area (Å²) in [6.07, 6.45) is 1.34. The summed E-state index contributed by atoms with van der Waals surface area (Å²) in [4.78, 5) is 21.3. The Bertz CT molecular complexity index is 1250. The number of rotatable bonds is 7. The fraction of sp³-hybridized carbons (Fsp3) is 0.360. The molecule has 1 aliphatic heterocycles. The first-order chi connectivity index (χ1) is 15.6. The average molecular weight is 484 g/mol. The molecule has 1 amide bonds. The predicted molar refractivity (Wildman–Crippen MR) is 132 cm³/mol. The molecule has 2 heterocycles. The lowest BCUT2D eigenvalue weighted by Gasteiger charge is -2.27. The van der Waals surface area contributed by atoms with Crippen molar-refractivity contribution in [3.8, 4) is 0 Å². The fourth-order valence-corrected chi connectivity index (χ4v) is 5.91. The molecule has 2 aromatic carbocycles. The molecule has 0 unspecified atom stereocenters. The van der Waals surface area contributed by atoms with Gasteiger partial charge in [-0.05, 0) is 36.1 Å². The van der Waals surface area contributed by atoms with Crippen molar-refractivity contribution in [2.24, 2.45) is 5.92 Å². The highest BCUT2D eigenvalue weighted by Gasteiger charge is 2.36. The van der Waals surface area contributed by atoms with Crippen molar-refractivity contribution >= 4 is 32.2 Å². The number of nitrogens with zero attached hydrogens (tertiary/aromatic N) is 2. The minimum Gasteiger partial charge on any atom is -0.302 e. The van der Waals surface area contributed by atoms with Gasteiger partial charge in [0, 0.05) is 24.2 Å². The lowest BCUT2D eigenvalue weighted by molar-refractivity contribution is -0.115. The normalized spacial score (nSPS) is 16.2. The van der Waals surface area contributed by atoms with Crippen LogP contribution in [0, 0.1) is 12.8 Å². The van der Waals surface area contributed by atoms with Crippen molar-refractivity contribution in [2.75, 3.05) is 11.6 Å². The van der Waals surface area contributed by atoms with E-state index in [0.29, 0.717) is 11.0 Å². The standard InChI is InChI=1S/C25H29N3O3S2/c1-16(2)24-23-21(15-28(24)14-19-7-5-17(3)6-8-19)32-25(27-23)26-22(29)13-18-9-11-20(12-10-18)33(4,30)31/h5-12,16,24H,13-15H2,1-4H3,(H,26,27,29)/t24-/m1/s1. The Morgan fingerprint density at radius 3 is 2.36 bits per heavy atom. The Morgan fingerprint density at radius 1 is 1.12 bits per heavy atom. The molecule has 0 radical (unpaired) electrons. The van der Waals surface area contributed by atoms with Crippen molar-refractivity contribution in [3.63, 3.8) is 0 Å². The van der Waals surface area contributed by atoms with Gasteiger partial charge in [0.15, 0.2) is 15.0 Å². The topological polar surface area (TPSA) is 79.4 Å². The summed E-state index contributed by atoms with van der Waals surface area (Å²) in [6.45, 7) is 8.21. The number of nitrogens with one attached hydrogen (secondary N) is 1. The first-order valence-electron chi connectivity index (χ1n) is 11.0. The van der Waals surface area contributed by atoms with E-state index in [4.69, 9.17) is 4.98 Å². The van der Waals surface area contributed by atoms with Crippen LogP contribution < -0.4 is 5.32 Å². The number of hydrogen-bond donors (Lipinski definition) is 1. The molecule has 174 valence electrons. The second kappa shape index (κ2) is 9.37. The smallest absolute Gasteiger partial charge is 0.230 e. The van der Waals surface area contributed by atoms with Crippen LogP contribution in [-0.2, 0) is 34.1 Å². The predicted octanol–water partition coefficient (Wildman–Crippen LogP) is 4.75. The van der Waals surface area contributed by atoms with E-state index in [2.05, 4.69) is 55.3 Å². The fourth-order valence-electron chi connectivity index (χ4n) is 4.24. The molecule has 0 fully saturated rings. The molecule has 33 heavy (non-hydrogen) atoms.